The van der Waals surface area contributed by atoms with Crippen LogP contribution in [-0.4, -0.2) is 102 Å². The molecule has 14 nitrogen and oxygen atoms in total. The van der Waals surface area contributed by atoms with Gasteiger partial charge in [-0.1, -0.05) is 41.9 Å². The lowest BCUT2D eigenvalue weighted by Crippen LogP contribution is -2.65. The van der Waals surface area contributed by atoms with Gasteiger partial charge >= 0.3 is 12.1 Å². The highest BCUT2D eigenvalue weighted by atomic mass is 33.1. The molecule has 0 aliphatic carbocycles. The van der Waals surface area contributed by atoms with E-state index in [9.17, 15) is 33.9 Å². The van der Waals surface area contributed by atoms with Crippen molar-refractivity contribution in [2.75, 3.05) is 31.1 Å². The van der Waals surface area contributed by atoms with Gasteiger partial charge in [0.15, 0.2) is 5.60 Å². The SMILES string of the molecule is CCc1c2c(nc3ccc(OC(=O)N4CCN(C(=O)CCCCCN5C(=O)C=CC5=O)C5CSSCC54)cc13)-c1cc3c(c(=O)n1C2)COC(=O)[C@]3(O)CC. The molecule has 55 heavy (non-hydrogen) atoms. The Bertz CT molecular complexity index is 2220. The van der Waals surface area contributed by atoms with Gasteiger partial charge < -0.3 is 28.9 Å². The maximum atomic E-state index is 13.8. The lowest BCUT2D eigenvalue weighted by Gasteiger charge is -2.48. The third-order valence-corrected chi connectivity index (χ3v) is 13.9. The molecular weight excluding hydrogens is 747 g/mol. The highest BCUT2D eigenvalue weighted by molar-refractivity contribution is 8.76. The van der Waals surface area contributed by atoms with E-state index in [1.165, 1.54) is 17.1 Å². The van der Waals surface area contributed by atoms with E-state index in [0.717, 1.165) is 16.5 Å². The van der Waals surface area contributed by atoms with E-state index in [2.05, 4.69) is 0 Å². The molecule has 0 spiro atoms. The first-order valence-corrected chi connectivity index (χ1v) is 21.2. The van der Waals surface area contributed by atoms with Crippen molar-refractivity contribution in [1.82, 2.24) is 24.3 Å². The van der Waals surface area contributed by atoms with Gasteiger partial charge in [0.1, 0.15) is 12.4 Å². The summed E-state index contributed by atoms with van der Waals surface area (Å²) in [5.41, 5.74) is 1.92. The van der Waals surface area contributed by atoms with Crippen molar-refractivity contribution >= 4 is 62.3 Å². The number of hydrogen-bond acceptors (Lipinski definition) is 12. The fourth-order valence-corrected chi connectivity index (χ4v) is 11.1. The Hall–Kier alpha value is -4.67. The first kappa shape index (κ1) is 37.3. The molecule has 1 N–H and O–H groups in total. The summed E-state index contributed by atoms with van der Waals surface area (Å²) in [7, 11) is 3.37. The summed E-state index contributed by atoms with van der Waals surface area (Å²) in [6.07, 6.45) is 5.10. The van der Waals surface area contributed by atoms with E-state index in [1.807, 2.05) is 17.9 Å². The standard InChI is InChI=1S/C39H41N5O9S2/c1-3-23-24-16-22(9-10-28(24)40-35-25(23)18-44-29(35)17-27-26(36(44)48)19-52-37(49)39(27,51)4-2)53-38(50)42-15-14-41(30-20-54-55-21-31(30)42)32(45)8-6-5-7-13-43-33(46)11-12-34(43)47/h9-12,16-17,30-31,51H,3-8,13-15,18-21H2,1-2H3/t30?,31?,39-/m0/s1. The molecule has 2 aromatic heterocycles. The number of imide groups is 1. The van der Waals surface area contributed by atoms with Crippen molar-refractivity contribution in [2.24, 2.45) is 0 Å². The molecule has 16 heteroatoms. The Morgan fingerprint density at radius 1 is 0.964 bits per heavy atom. The van der Waals surface area contributed by atoms with Crippen molar-refractivity contribution < 1.29 is 38.6 Å². The Kier molecular flexibility index (Phi) is 10.0. The van der Waals surface area contributed by atoms with Crippen molar-refractivity contribution in [3.05, 3.63) is 69.0 Å². The number of aryl methyl sites for hydroxylation is 1. The largest absolute Gasteiger partial charge is 0.458 e. The lowest BCUT2D eigenvalue weighted by molar-refractivity contribution is -0.172. The van der Waals surface area contributed by atoms with Crippen molar-refractivity contribution in [1.29, 1.82) is 0 Å². The summed E-state index contributed by atoms with van der Waals surface area (Å²) in [4.78, 5) is 86.9. The average molecular weight is 788 g/mol. The average Bonchev–Trinajstić information content (AvgIpc) is 3.72. The molecule has 8 rings (SSSR count). The number of rotatable bonds is 9. The number of nitrogens with zero attached hydrogens (tertiary/aromatic N) is 5. The fraction of sp³-hybridized carbons (Fsp3) is 0.462. The Morgan fingerprint density at radius 3 is 2.42 bits per heavy atom. The number of benzene rings is 1. The Morgan fingerprint density at radius 2 is 1.69 bits per heavy atom. The monoisotopic (exact) mass is 787 g/mol. The molecule has 3 aromatic rings. The number of esters is 1. The zero-order chi connectivity index (χ0) is 38.6. The minimum Gasteiger partial charge on any atom is -0.458 e. The number of ether oxygens (including phenoxy) is 2. The van der Waals surface area contributed by atoms with E-state index >= 15 is 0 Å². The molecule has 2 fully saturated rings. The van der Waals surface area contributed by atoms with Crippen LogP contribution in [0.3, 0.4) is 0 Å². The number of piperazine rings is 1. The summed E-state index contributed by atoms with van der Waals surface area (Å²) in [5.74, 6) is 0.398. The predicted molar refractivity (Wildman–Crippen MR) is 205 cm³/mol. The molecule has 288 valence electrons. The number of hydrogen-bond donors (Lipinski definition) is 1. The molecule has 0 bridgehead atoms. The maximum absolute atomic E-state index is 13.8. The van der Waals surface area contributed by atoms with Crippen LogP contribution in [0, 0.1) is 0 Å². The van der Waals surface area contributed by atoms with Crippen molar-refractivity contribution in [2.45, 2.75) is 83.2 Å². The van der Waals surface area contributed by atoms with E-state index in [0.29, 0.717) is 85.9 Å². The van der Waals surface area contributed by atoms with Crippen LogP contribution < -0.4 is 10.3 Å². The normalized spacial score (nSPS) is 22.7. The molecule has 3 atom stereocenters. The fourth-order valence-electron chi connectivity index (χ4n) is 8.42. The highest BCUT2D eigenvalue weighted by Gasteiger charge is 2.46. The van der Waals surface area contributed by atoms with E-state index in [-0.39, 0.29) is 66.1 Å². The van der Waals surface area contributed by atoms with Crippen LogP contribution in [0.15, 0.2) is 41.2 Å². The van der Waals surface area contributed by atoms with Gasteiger partial charge in [0.25, 0.3) is 17.4 Å². The van der Waals surface area contributed by atoms with Crippen LogP contribution in [0.4, 0.5) is 4.79 Å². The summed E-state index contributed by atoms with van der Waals surface area (Å²) >= 11 is 0. The number of cyclic esters (lactones) is 1. The Labute approximate surface area is 324 Å². The minimum atomic E-state index is -1.91. The molecular formula is C39H41N5O9S2. The molecule has 0 radical (unpaired) electrons. The van der Waals surface area contributed by atoms with Crippen LogP contribution in [0.1, 0.15) is 68.2 Å². The summed E-state index contributed by atoms with van der Waals surface area (Å²) in [5, 5.41) is 12.0. The number of aromatic nitrogens is 2. The Balaban J connectivity index is 0.965. The third kappa shape index (κ3) is 6.41. The van der Waals surface area contributed by atoms with E-state index in [4.69, 9.17) is 14.5 Å². The van der Waals surface area contributed by atoms with Gasteiger partial charge in [-0.15, -0.1) is 0 Å². The zero-order valence-corrected chi connectivity index (χ0v) is 32.2. The number of carbonyl (C=O) groups excluding carboxylic acids is 5. The van der Waals surface area contributed by atoms with Crippen LogP contribution in [0.2, 0.25) is 0 Å². The summed E-state index contributed by atoms with van der Waals surface area (Å²) < 4.78 is 12.8. The van der Waals surface area contributed by atoms with Gasteiger partial charge in [-0.25, -0.2) is 14.6 Å². The minimum absolute atomic E-state index is 0.0413. The van der Waals surface area contributed by atoms with Gasteiger partial charge in [-0.2, -0.15) is 0 Å². The quantitative estimate of drug-likeness (QED) is 0.113. The number of amides is 4. The van der Waals surface area contributed by atoms with Crippen LogP contribution in [-0.2, 0) is 49.1 Å². The van der Waals surface area contributed by atoms with E-state index in [1.54, 1.807) is 56.2 Å². The first-order chi connectivity index (χ1) is 26.5. The second-order valence-corrected chi connectivity index (χ2v) is 16.9. The number of pyridine rings is 2. The van der Waals surface area contributed by atoms with Gasteiger partial charge in [0, 0.05) is 66.2 Å². The molecule has 4 amide bonds. The zero-order valence-electron chi connectivity index (χ0n) is 30.6. The molecule has 2 unspecified atom stereocenters. The van der Waals surface area contributed by atoms with Gasteiger partial charge in [0.05, 0.1) is 41.1 Å². The van der Waals surface area contributed by atoms with Crippen LogP contribution in [0.25, 0.3) is 22.3 Å². The van der Waals surface area contributed by atoms with E-state index < -0.39 is 17.7 Å². The van der Waals surface area contributed by atoms with Crippen molar-refractivity contribution in [3.8, 4) is 17.1 Å². The second-order valence-electron chi connectivity index (χ2n) is 14.4. The molecule has 5 aliphatic rings. The second kappa shape index (κ2) is 14.8. The van der Waals surface area contributed by atoms with Crippen LogP contribution >= 0.6 is 21.6 Å². The lowest BCUT2D eigenvalue weighted by atomic mass is 9.86. The number of fused-ring (bicyclic) bond motifs is 6. The third-order valence-electron chi connectivity index (χ3n) is 11.5. The highest BCUT2D eigenvalue weighted by Crippen LogP contribution is 2.41. The molecule has 5 aliphatic heterocycles. The van der Waals surface area contributed by atoms with Gasteiger partial charge in [0.2, 0.25) is 5.91 Å². The molecule has 1 aromatic carbocycles. The van der Waals surface area contributed by atoms with Gasteiger partial charge in [-0.3, -0.25) is 24.1 Å². The molecule has 7 heterocycles. The molecule has 2 saturated heterocycles. The predicted octanol–water partition coefficient (Wildman–Crippen LogP) is 3.90. The first-order valence-electron chi connectivity index (χ1n) is 18.7. The van der Waals surface area contributed by atoms with Gasteiger partial charge in [-0.05, 0) is 55.5 Å². The topological polar surface area (TPSA) is 169 Å². The number of unbranched alkanes of at least 4 members (excludes halogenated alkanes) is 2. The summed E-state index contributed by atoms with van der Waals surface area (Å²) in [6.45, 7) is 4.84. The smallest absolute Gasteiger partial charge is 0.415 e. The van der Waals surface area contributed by atoms with Crippen molar-refractivity contribution in [3.63, 3.8) is 0 Å². The maximum Gasteiger partial charge on any atom is 0.415 e. The van der Waals surface area contributed by atoms with Crippen LogP contribution in [0.5, 0.6) is 5.75 Å². The number of carbonyl (C=O) groups is 5. The molecule has 0 saturated carbocycles. The summed E-state index contributed by atoms with van der Waals surface area (Å²) in [6, 6.07) is 6.66. The number of aliphatic hydroxyl groups is 1.